The Morgan fingerprint density at radius 2 is 1.62 bits per heavy atom. The van der Waals surface area contributed by atoms with Gasteiger partial charge >= 0.3 is 10.4 Å². The number of hydrogen-bond acceptors (Lipinski definition) is 4. The van der Waals surface area contributed by atoms with Crippen molar-refractivity contribution < 1.29 is 38.6 Å². The third-order valence-electron chi connectivity index (χ3n) is 1.06. The van der Waals surface area contributed by atoms with Crippen LogP contribution in [0.15, 0.2) is 0 Å². The van der Waals surface area contributed by atoms with Gasteiger partial charge in [0.2, 0.25) is 0 Å². The summed E-state index contributed by atoms with van der Waals surface area (Å²) in [7, 11) is -4.67. The van der Waals surface area contributed by atoms with Crippen LogP contribution in [0.4, 0.5) is 0 Å². The number of hydrogen-bond donors (Lipinski definition) is 4. The molecule has 0 heterocycles. The second-order valence-corrected chi connectivity index (χ2v) is 3.26. The van der Waals surface area contributed by atoms with Crippen molar-refractivity contribution in [1.82, 2.24) is 0 Å². The zero-order valence-corrected chi connectivity index (χ0v) is 10.4. The molecule has 0 aromatic heterocycles. The minimum absolute atomic E-state index is 0. The van der Waals surface area contributed by atoms with Gasteiger partial charge in [0, 0.05) is 21.1 Å². The van der Waals surface area contributed by atoms with Gasteiger partial charge in [0.1, 0.15) is 0 Å². The summed E-state index contributed by atoms with van der Waals surface area (Å²) in [6.07, 6.45) is 1.05. The van der Waals surface area contributed by atoms with E-state index in [2.05, 4.69) is 6.92 Å². The molecule has 0 aromatic carbocycles. The second kappa shape index (κ2) is 10.6. The summed E-state index contributed by atoms with van der Waals surface area (Å²) >= 11 is 0. The maximum absolute atomic E-state index is 8.74. The predicted octanol–water partition coefficient (Wildman–Crippen LogP) is -0.725. The summed E-state index contributed by atoms with van der Waals surface area (Å²) in [5.41, 5.74) is 10.6. The van der Waals surface area contributed by atoms with E-state index in [9.17, 15) is 0 Å². The molecule has 0 aliphatic heterocycles. The molecule has 0 rings (SSSR count). The van der Waals surface area contributed by atoms with Crippen LogP contribution in [0.5, 0.6) is 0 Å². The maximum Gasteiger partial charge on any atom is 0.394 e. The Labute approximate surface area is 92.9 Å². The molecule has 86 valence electrons. The van der Waals surface area contributed by atoms with E-state index in [4.69, 9.17) is 29.0 Å². The molecular formula is C5H16N2O4PtS. The van der Waals surface area contributed by atoms with Crippen LogP contribution >= 0.6 is 0 Å². The van der Waals surface area contributed by atoms with E-state index in [0.29, 0.717) is 5.92 Å². The average molecular weight is 395 g/mol. The first-order valence-corrected chi connectivity index (χ1v) is 4.81. The molecule has 0 unspecified atom stereocenters. The van der Waals surface area contributed by atoms with Crippen LogP contribution in [0.2, 0.25) is 0 Å². The molecule has 0 saturated carbocycles. The first-order chi connectivity index (χ1) is 5.31. The topological polar surface area (TPSA) is 127 Å². The molecule has 0 amide bonds. The van der Waals surface area contributed by atoms with E-state index < -0.39 is 10.4 Å². The number of rotatable bonds is 3. The van der Waals surface area contributed by atoms with Gasteiger partial charge in [0.05, 0.1) is 0 Å². The van der Waals surface area contributed by atoms with Gasteiger partial charge in [-0.2, -0.15) is 8.42 Å². The zero-order chi connectivity index (χ0) is 10.2. The van der Waals surface area contributed by atoms with E-state index in [1.54, 1.807) is 0 Å². The van der Waals surface area contributed by atoms with Crippen molar-refractivity contribution in [3.63, 3.8) is 0 Å². The largest absolute Gasteiger partial charge is 0.394 e. The van der Waals surface area contributed by atoms with E-state index in [-0.39, 0.29) is 21.1 Å². The van der Waals surface area contributed by atoms with Crippen LogP contribution < -0.4 is 11.5 Å². The number of nitrogens with two attached hydrogens (primary N) is 2. The maximum atomic E-state index is 8.74. The van der Waals surface area contributed by atoms with Crippen LogP contribution in [0, 0.1) is 5.92 Å². The van der Waals surface area contributed by atoms with Crippen molar-refractivity contribution in [3.8, 4) is 0 Å². The van der Waals surface area contributed by atoms with Crippen molar-refractivity contribution in [3.05, 3.63) is 0 Å². The van der Waals surface area contributed by atoms with Crippen molar-refractivity contribution in [2.24, 2.45) is 17.4 Å². The Hall–Kier alpha value is 0.478. The smallest absolute Gasteiger partial charge is 0.330 e. The molecule has 13 heavy (non-hydrogen) atoms. The summed E-state index contributed by atoms with van der Waals surface area (Å²) in [6, 6.07) is 0. The zero-order valence-electron chi connectivity index (χ0n) is 7.29. The summed E-state index contributed by atoms with van der Waals surface area (Å²) in [5.74, 6) is 0.602. The van der Waals surface area contributed by atoms with E-state index in [0.717, 1.165) is 19.5 Å². The molecule has 1 atom stereocenters. The Morgan fingerprint density at radius 3 is 1.69 bits per heavy atom. The van der Waals surface area contributed by atoms with Gasteiger partial charge in [0.25, 0.3) is 0 Å². The quantitative estimate of drug-likeness (QED) is 0.467. The third-order valence-corrected chi connectivity index (χ3v) is 1.06. The van der Waals surface area contributed by atoms with E-state index in [1.807, 2.05) is 0 Å². The average Bonchev–Trinajstić information content (AvgIpc) is 1.85. The first-order valence-electron chi connectivity index (χ1n) is 3.41. The van der Waals surface area contributed by atoms with Crippen LogP contribution in [-0.4, -0.2) is 30.6 Å². The molecule has 0 aromatic rings. The summed E-state index contributed by atoms with van der Waals surface area (Å²) < 4.78 is 31.6. The van der Waals surface area contributed by atoms with Crippen LogP contribution in [-0.2, 0) is 31.5 Å². The van der Waals surface area contributed by atoms with Crippen LogP contribution in [0.3, 0.4) is 0 Å². The monoisotopic (exact) mass is 395 g/mol. The van der Waals surface area contributed by atoms with E-state index >= 15 is 0 Å². The molecule has 0 spiro atoms. The Kier molecular flexibility index (Phi) is 15.5. The molecule has 0 saturated heterocycles. The molecule has 6 N–H and O–H groups in total. The standard InChI is InChI=1S/C5H14N2.H2O4S.Pt/c1-5(4-7)2-3-6;1-5(2,3)4;/h5H,2-4,6-7H2,1H3;(H2,1,2,3,4);/t5-;;/m1../s1. The van der Waals surface area contributed by atoms with Gasteiger partial charge in [-0.15, -0.1) is 0 Å². The van der Waals surface area contributed by atoms with Gasteiger partial charge in [-0.05, 0) is 25.4 Å². The Bertz CT molecular complexity index is 177. The van der Waals surface area contributed by atoms with Gasteiger partial charge in [-0.3, -0.25) is 9.11 Å². The summed E-state index contributed by atoms with van der Waals surface area (Å²) in [6.45, 7) is 3.63. The summed E-state index contributed by atoms with van der Waals surface area (Å²) in [4.78, 5) is 0. The fraction of sp³-hybridized carbons (Fsp3) is 1.00. The fourth-order valence-corrected chi connectivity index (χ4v) is 0.402. The van der Waals surface area contributed by atoms with Crippen LogP contribution in [0.1, 0.15) is 13.3 Å². The summed E-state index contributed by atoms with van der Waals surface area (Å²) in [5, 5.41) is 0. The minimum Gasteiger partial charge on any atom is -0.330 e. The van der Waals surface area contributed by atoms with Crippen molar-refractivity contribution >= 4 is 10.4 Å². The first kappa shape index (κ1) is 19.1. The minimum atomic E-state index is -4.67. The Morgan fingerprint density at radius 1 is 1.31 bits per heavy atom. The molecule has 0 aliphatic rings. The molecule has 6 nitrogen and oxygen atoms in total. The Balaban J connectivity index is -0.000000150. The van der Waals surface area contributed by atoms with Crippen molar-refractivity contribution in [2.45, 2.75) is 13.3 Å². The second-order valence-electron chi connectivity index (χ2n) is 2.37. The van der Waals surface area contributed by atoms with Gasteiger partial charge < -0.3 is 11.5 Å². The third kappa shape index (κ3) is 45.7. The fourth-order valence-electron chi connectivity index (χ4n) is 0.402. The molecule has 0 radical (unpaired) electrons. The molecular weight excluding hydrogens is 379 g/mol. The van der Waals surface area contributed by atoms with Gasteiger partial charge in [0.15, 0.2) is 0 Å². The molecule has 0 aliphatic carbocycles. The molecule has 0 bridgehead atoms. The van der Waals surface area contributed by atoms with Crippen molar-refractivity contribution in [2.75, 3.05) is 13.1 Å². The normalized spacial score (nSPS) is 12.1. The molecule has 8 heteroatoms. The van der Waals surface area contributed by atoms with Gasteiger partial charge in [-0.1, -0.05) is 6.92 Å². The van der Waals surface area contributed by atoms with Gasteiger partial charge in [-0.25, -0.2) is 0 Å². The molecule has 0 fully saturated rings. The predicted molar refractivity (Wildman–Crippen MR) is 46.1 cm³/mol. The SMILES string of the molecule is C[C@@H](CN)CCN.O=S(=O)(O)O.[Pt]. The van der Waals surface area contributed by atoms with Crippen LogP contribution in [0.25, 0.3) is 0 Å². The van der Waals surface area contributed by atoms with E-state index in [1.165, 1.54) is 0 Å². The van der Waals surface area contributed by atoms with Crippen molar-refractivity contribution in [1.29, 1.82) is 0 Å².